The second-order valence-electron chi connectivity index (χ2n) is 4.87. The van der Waals surface area contributed by atoms with Crippen LogP contribution in [-0.4, -0.2) is 56.4 Å². The molecule has 0 spiro atoms. The summed E-state index contributed by atoms with van der Waals surface area (Å²) in [6.45, 7) is 4.94. The normalized spacial score (nSPS) is 16.9. The molecule has 0 atom stereocenters. The highest BCUT2D eigenvalue weighted by Gasteiger charge is 2.19. The Morgan fingerprint density at radius 3 is 2.58 bits per heavy atom. The first-order valence-electron chi connectivity index (χ1n) is 6.76. The minimum atomic E-state index is -0.150. The standard InChI is InChI=1S/C14H22FN3O/c1-16-11-12-2-3-14(13(15)10-12)18-6-4-17(5-7-18)8-9-19/h2-3,10,16,19H,4-9,11H2,1H3. The molecule has 1 aliphatic rings. The Balaban J connectivity index is 1.99. The second kappa shape index (κ2) is 6.84. The Morgan fingerprint density at radius 2 is 2.00 bits per heavy atom. The van der Waals surface area contributed by atoms with E-state index < -0.39 is 0 Å². The van der Waals surface area contributed by atoms with Gasteiger partial charge < -0.3 is 15.3 Å². The summed E-state index contributed by atoms with van der Waals surface area (Å²) in [4.78, 5) is 4.27. The molecule has 4 nitrogen and oxygen atoms in total. The summed E-state index contributed by atoms with van der Waals surface area (Å²) in [5, 5.41) is 11.9. The highest BCUT2D eigenvalue weighted by atomic mass is 19.1. The first kappa shape index (κ1) is 14.2. The SMILES string of the molecule is CNCc1ccc(N2CCN(CCO)CC2)c(F)c1. The number of aliphatic hydroxyl groups excluding tert-OH is 1. The first-order chi connectivity index (χ1) is 9.24. The van der Waals surface area contributed by atoms with Gasteiger partial charge in [0, 0.05) is 39.3 Å². The van der Waals surface area contributed by atoms with Crippen molar-refractivity contribution in [1.29, 1.82) is 0 Å². The summed E-state index contributed by atoms with van der Waals surface area (Å²) in [5.41, 5.74) is 1.64. The number of β-amino-alcohol motifs (C(OH)–C–C–N with tert-alkyl or cyclic N) is 1. The van der Waals surface area contributed by atoms with Gasteiger partial charge in [0.05, 0.1) is 12.3 Å². The average molecular weight is 267 g/mol. The monoisotopic (exact) mass is 267 g/mol. The summed E-state index contributed by atoms with van der Waals surface area (Å²) in [7, 11) is 1.85. The maximum atomic E-state index is 14.1. The van der Waals surface area contributed by atoms with Crippen LogP contribution in [0.1, 0.15) is 5.56 Å². The van der Waals surface area contributed by atoms with E-state index in [1.54, 1.807) is 6.07 Å². The summed E-state index contributed by atoms with van der Waals surface area (Å²) in [6.07, 6.45) is 0. The van der Waals surface area contributed by atoms with Crippen molar-refractivity contribution in [2.24, 2.45) is 0 Å². The molecule has 2 rings (SSSR count). The van der Waals surface area contributed by atoms with Crippen LogP contribution in [-0.2, 0) is 6.54 Å². The lowest BCUT2D eigenvalue weighted by Crippen LogP contribution is -2.47. The Bertz CT molecular complexity index is 406. The number of piperazine rings is 1. The molecule has 1 heterocycles. The van der Waals surface area contributed by atoms with E-state index in [9.17, 15) is 4.39 Å². The third-order valence-corrected chi connectivity index (χ3v) is 3.52. The predicted octanol–water partition coefficient (Wildman–Crippen LogP) is 0.659. The van der Waals surface area contributed by atoms with Gasteiger partial charge in [0.1, 0.15) is 5.82 Å². The van der Waals surface area contributed by atoms with Gasteiger partial charge in [0.15, 0.2) is 0 Å². The van der Waals surface area contributed by atoms with Crippen molar-refractivity contribution >= 4 is 5.69 Å². The van der Waals surface area contributed by atoms with Gasteiger partial charge in [-0.25, -0.2) is 4.39 Å². The molecule has 1 fully saturated rings. The molecule has 0 bridgehead atoms. The molecule has 1 saturated heterocycles. The molecule has 0 radical (unpaired) electrons. The number of nitrogens with zero attached hydrogens (tertiary/aromatic N) is 2. The molecule has 0 aromatic heterocycles. The van der Waals surface area contributed by atoms with Crippen molar-refractivity contribution in [3.63, 3.8) is 0 Å². The topological polar surface area (TPSA) is 38.7 Å². The lowest BCUT2D eigenvalue weighted by Gasteiger charge is -2.36. The zero-order chi connectivity index (χ0) is 13.7. The first-order valence-corrected chi connectivity index (χ1v) is 6.76. The van der Waals surface area contributed by atoms with Gasteiger partial charge >= 0.3 is 0 Å². The molecule has 1 aromatic carbocycles. The van der Waals surface area contributed by atoms with E-state index >= 15 is 0 Å². The molecule has 5 heteroatoms. The molecule has 2 N–H and O–H groups in total. The number of halogens is 1. The second-order valence-corrected chi connectivity index (χ2v) is 4.87. The fraction of sp³-hybridized carbons (Fsp3) is 0.571. The van der Waals surface area contributed by atoms with Crippen LogP contribution in [0.15, 0.2) is 18.2 Å². The third kappa shape index (κ3) is 3.65. The number of nitrogens with one attached hydrogen (secondary N) is 1. The Kier molecular flexibility index (Phi) is 5.13. The van der Waals surface area contributed by atoms with Gasteiger partial charge in [-0.3, -0.25) is 4.90 Å². The zero-order valence-electron chi connectivity index (χ0n) is 11.4. The fourth-order valence-corrected chi connectivity index (χ4v) is 2.47. The molecule has 1 aliphatic heterocycles. The number of hydrogen-bond donors (Lipinski definition) is 2. The van der Waals surface area contributed by atoms with Crippen molar-refractivity contribution in [2.75, 3.05) is 51.3 Å². The minimum Gasteiger partial charge on any atom is -0.395 e. The largest absolute Gasteiger partial charge is 0.395 e. The van der Waals surface area contributed by atoms with Crippen LogP contribution < -0.4 is 10.2 Å². The third-order valence-electron chi connectivity index (χ3n) is 3.52. The number of benzene rings is 1. The van der Waals surface area contributed by atoms with Crippen LogP contribution in [0.25, 0.3) is 0 Å². The van der Waals surface area contributed by atoms with Crippen molar-refractivity contribution in [3.8, 4) is 0 Å². The average Bonchev–Trinajstić information content (AvgIpc) is 2.41. The van der Waals surface area contributed by atoms with E-state index in [4.69, 9.17) is 5.11 Å². The maximum Gasteiger partial charge on any atom is 0.146 e. The smallest absolute Gasteiger partial charge is 0.146 e. The lowest BCUT2D eigenvalue weighted by molar-refractivity contribution is 0.188. The van der Waals surface area contributed by atoms with E-state index in [-0.39, 0.29) is 12.4 Å². The van der Waals surface area contributed by atoms with Crippen LogP contribution in [0, 0.1) is 5.82 Å². The molecule has 0 saturated carbocycles. The van der Waals surface area contributed by atoms with Crippen molar-refractivity contribution in [1.82, 2.24) is 10.2 Å². The molecule has 19 heavy (non-hydrogen) atoms. The number of rotatable bonds is 5. The Hall–Kier alpha value is -1.17. The van der Waals surface area contributed by atoms with Gasteiger partial charge in [-0.05, 0) is 24.7 Å². The zero-order valence-corrected chi connectivity index (χ0v) is 11.4. The van der Waals surface area contributed by atoms with Crippen LogP contribution in [0.4, 0.5) is 10.1 Å². The van der Waals surface area contributed by atoms with Crippen LogP contribution in [0.3, 0.4) is 0 Å². The van der Waals surface area contributed by atoms with E-state index in [1.807, 2.05) is 19.2 Å². The number of hydrogen-bond acceptors (Lipinski definition) is 4. The number of anilines is 1. The van der Waals surface area contributed by atoms with Gasteiger partial charge in [-0.2, -0.15) is 0 Å². The van der Waals surface area contributed by atoms with Crippen LogP contribution in [0.2, 0.25) is 0 Å². The predicted molar refractivity (Wildman–Crippen MR) is 74.9 cm³/mol. The molecular weight excluding hydrogens is 245 g/mol. The Labute approximate surface area is 113 Å². The molecule has 0 aliphatic carbocycles. The molecular formula is C14H22FN3O. The highest BCUT2D eigenvalue weighted by Crippen LogP contribution is 2.22. The fourth-order valence-electron chi connectivity index (χ4n) is 2.47. The van der Waals surface area contributed by atoms with Crippen LogP contribution in [0.5, 0.6) is 0 Å². The van der Waals surface area contributed by atoms with E-state index in [0.717, 1.165) is 31.7 Å². The van der Waals surface area contributed by atoms with Gasteiger partial charge in [-0.15, -0.1) is 0 Å². The van der Waals surface area contributed by atoms with E-state index in [1.165, 1.54) is 0 Å². The van der Waals surface area contributed by atoms with Gasteiger partial charge in [0.25, 0.3) is 0 Å². The highest BCUT2D eigenvalue weighted by molar-refractivity contribution is 5.49. The summed E-state index contributed by atoms with van der Waals surface area (Å²) < 4.78 is 14.1. The maximum absolute atomic E-state index is 14.1. The molecule has 106 valence electrons. The van der Waals surface area contributed by atoms with Gasteiger partial charge in [0.2, 0.25) is 0 Å². The quantitative estimate of drug-likeness (QED) is 0.822. The summed E-state index contributed by atoms with van der Waals surface area (Å²) in [5.74, 6) is -0.150. The summed E-state index contributed by atoms with van der Waals surface area (Å²) in [6, 6.07) is 5.44. The Morgan fingerprint density at radius 1 is 1.26 bits per heavy atom. The summed E-state index contributed by atoms with van der Waals surface area (Å²) >= 11 is 0. The minimum absolute atomic E-state index is 0.150. The van der Waals surface area contributed by atoms with E-state index in [0.29, 0.717) is 18.8 Å². The molecule has 1 aromatic rings. The molecule has 0 unspecified atom stereocenters. The van der Waals surface area contributed by atoms with Crippen molar-refractivity contribution in [2.45, 2.75) is 6.54 Å². The van der Waals surface area contributed by atoms with Crippen molar-refractivity contribution in [3.05, 3.63) is 29.6 Å². The van der Waals surface area contributed by atoms with E-state index in [2.05, 4.69) is 15.1 Å². The van der Waals surface area contributed by atoms with Crippen LogP contribution >= 0.6 is 0 Å². The molecule has 0 amide bonds. The van der Waals surface area contributed by atoms with Crippen molar-refractivity contribution < 1.29 is 9.50 Å². The van der Waals surface area contributed by atoms with Gasteiger partial charge in [-0.1, -0.05) is 6.07 Å². The lowest BCUT2D eigenvalue weighted by atomic mass is 10.1. The number of aliphatic hydroxyl groups is 1.